The van der Waals surface area contributed by atoms with E-state index in [0.29, 0.717) is 0 Å². The van der Waals surface area contributed by atoms with Gasteiger partial charge in [0.2, 0.25) is 0 Å². The highest BCUT2D eigenvalue weighted by atomic mass is 35.5. The van der Waals surface area contributed by atoms with Crippen LogP contribution in [0.3, 0.4) is 0 Å². The van der Waals surface area contributed by atoms with Gasteiger partial charge in [-0.15, -0.1) is 48.0 Å². The van der Waals surface area contributed by atoms with Crippen molar-refractivity contribution in [3.63, 3.8) is 0 Å². The Labute approximate surface area is 123 Å². The summed E-state index contributed by atoms with van der Waals surface area (Å²) in [5.74, 6) is 1.48. The molecule has 0 bridgehead atoms. The Hall–Kier alpha value is 1.08. The molecule has 0 unspecified atom stereocenters. The van der Waals surface area contributed by atoms with E-state index in [1.54, 1.807) is 0 Å². The number of halogens is 4. The van der Waals surface area contributed by atoms with E-state index in [-0.39, 0.29) is 24.8 Å². The van der Waals surface area contributed by atoms with Gasteiger partial charge in [0.15, 0.2) is 0 Å². The first-order valence-electron chi connectivity index (χ1n) is 5.11. The molecule has 0 aromatic heterocycles. The van der Waals surface area contributed by atoms with Crippen molar-refractivity contribution in [2.24, 2.45) is 0 Å². The summed E-state index contributed by atoms with van der Waals surface area (Å²) >= 11 is 10.9. The molecule has 0 aromatic rings. The van der Waals surface area contributed by atoms with Gasteiger partial charge >= 0.3 is 0 Å². The van der Waals surface area contributed by atoms with Crippen LogP contribution in [0.4, 0.5) is 0 Å². The van der Waals surface area contributed by atoms with Crippen LogP contribution < -0.4 is 0 Å². The van der Waals surface area contributed by atoms with Gasteiger partial charge in [-0.05, 0) is 27.2 Å². The largest absolute Gasteiger partial charge is 0.308 e. The van der Waals surface area contributed by atoms with Crippen molar-refractivity contribution in [3.05, 3.63) is 0 Å². The molecule has 0 atom stereocenters. The average Bonchev–Trinajstić information content (AvgIpc) is 2.15. The lowest BCUT2D eigenvalue weighted by Gasteiger charge is -2.14. The van der Waals surface area contributed by atoms with E-state index in [1.807, 2.05) is 19.0 Å². The Morgan fingerprint density at radius 1 is 0.812 bits per heavy atom. The van der Waals surface area contributed by atoms with Gasteiger partial charge in [-0.3, -0.25) is 0 Å². The van der Waals surface area contributed by atoms with Gasteiger partial charge in [-0.25, -0.2) is 0 Å². The first-order valence-corrected chi connectivity index (χ1v) is 6.18. The molecular formula is C10H26Cl4N2. The summed E-state index contributed by atoms with van der Waals surface area (Å²) in [6, 6.07) is 0. The molecular weight excluding hydrogens is 290 g/mol. The van der Waals surface area contributed by atoms with E-state index in [2.05, 4.69) is 18.7 Å². The van der Waals surface area contributed by atoms with E-state index < -0.39 is 0 Å². The molecule has 0 radical (unpaired) electrons. The summed E-state index contributed by atoms with van der Waals surface area (Å²) in [5, 5.41) is 0. The zero-order chi connectivity index (χ0) is 11.4. The number of alkyl halides is 2. The molecule has 104 valence electrons. The van der Waals surface area contributed by atoms with Gasteiger partial charge in [0, 0.05) is 24.8 Å². The zero-order valence-electron chi connectivity index (χ0n) is 10.7. The van der Waals surface area contributed by atoms with Crippen molar-refractivity contribution < 1.29 is 0 Å². The van der Waals surface area contributed by atoms with Crippen LogP contribution in [0.25, 0.3) is 0 Å². The van der Waals surface area contributed by atoms with Crippen LogP contribution in [-0.4, -0.2) is 61.8 Å². The molecule has 0 fully saturated rings. The molecule has 0 saturated carbocycles. The van der Waals surface area contributed by atoms with Crippen LogP contribution in [0.1, 0.15) is 13.8 Å². The fraction of sp³-hybridized carbons (Fsp3) is 1.00. The predicted octanol–water partition coefficient (Wildman–Crippen LogP) is 3.20. The maximum absolute atomic E-state index is 5.51. The Balaban J connectivity index is -0.0000000825. The van der Waals surface area contributed by atoms with Crippen LogP contribution in [-0.2, 0) is 0 Å². The van der Waals surface area contributed by atoms with E-state index >= 15 is 0 Å². The summed E-state index contributed by atoms with van der Waals surface area (Å²) in [6.45, 7) is 8.52. The second-order valence-electron chi connectivity index (χ2n) is 3.21. The first kappa shape index (κ1) is 25.8. The van der Waals surface area contributed by atoms with Gasteiger partial charge in [0.05, 0.1) is 0 Å². The fourth-order valence-electron chi connectivity index (χ4n) is 0.828. The lowest BCUT2D eigenvalue weighted by molar-refractivity contribution is 0.323. The lowest BCUT2D eigenvalue weighted by atomic mass is 10.5. The molecule has 16 heavy (non-hydrogen) atoms. The minimum atomic E-state index is 0. The highest BCUT2D eigenvalue weighted by Crippen LogP contribution is 1.86. The molecule has 0 amide bonds. The standard InChI is InChI=1S/C6H14ClN.C4H10ClN.2ClH/c1-3-8(4-2)6-5-7;1-6(2)4-3-5;;/h3-6H2,1-2H3;3-4H2,1-2H3;2*1H. The fourth-order valence-corrected chi connectivity index (χ4v) is 1.41. The van der Waals surface area contributed by atoms with Crippen molar-refractivity contribution >= 4 is 48.0 Å². The van der Waals surface area contributed by atoms with Crippen molar-refractivity contribution in [2.45, 2.75) is 13.8 Å². The molecule has 0 saturated heterocycles. The topological polar surface area (TPSA) is 6.48 Å². The van der Waals surface area contributed by atoms with E-state index in [9.17, 15) is 0 Å². The molecule has 0 rings (SSSR count). The third-order valence-electron chi connectivity index (χ3n) is 1.83. The number of hydrogen-bond donors (Lipinski definition) is 0. The molecule has 0 aliphatic rings. The Morgan fingerprint density at radius 3 is 1.25 bits per heavy atom. The Bertz CT molecular complexity index is 101. The van der Waals surface area contributed by atoms with Gasteiger partial charge < -0.3 is 9.80 Å². The molecule has 0 aliphatic carbocycles. The number of hydrogen-bond acceptors (Lipinski definition) is 2. The average molecular weight is 316 g/mol. The highest BCUT2D eigenvalue weighted by molar-refractivity contribution is 6.18. The first-order chi connectivity index (χ1) is 6.62. The van der Waals surface area contributed by atoms with Crippen LogP contribution in [0, 0.1) is 0 Å². The minimum absolute atomic E-state index is 0. The monoisotopic (exact) mass is 314 g/mol. The van der Waals surface area contributed by atoms with Crippen LogP contribution in [0.2, 0.25) is 0 Å². The van der Waals surface area contributed by atoms with Crippen molar-refractivity contribution in [2.75, 3.05) is 52.0 Å². The van der Waals surface area contributed by atoms with Crippen LogP contribution >= 0.6 is 48.0 Å². The Kier molecular flexibility index (Phi) is 34.5. The third kappa shape index (κ3) is 24.4. The third-order valence-corrected chi connectivity index (χ3v) is 2.16. The SMILES string of the molecule is CCN(CC)CCCl.CN(C)CCCl.Cl.Cl. The minimum Gasteiger partial charge on any atom is -0.308 e. The highest BCUT2D eigenvalue weighted by Gasteiger charge is 1.93. The maximum atomic E-state index is 5.51. The number of nitrogens with zero attached hydrogens (tertiary/aromatic N) is 2. The van der Waals surface area contributed by atoms with E-state index in [4.69, 9.17) is 23.2 Å². The van der Waals surface area contributed by atoms with Crippen molar-refractivity contribution in [1.29, 1.82) is 0 Å². The molecule has 2 nitrogen and oxygen atoms in total. The van der Waals surface area contributed by atoms with Gasteiger partial charge in [0.1, 0.15) is 0 Å². The van der Waals surface area contributed by atoms with Crippen LogP contribution in [0.15, 0.2) is 0 Å². The maximum Gasteiger partial charge on any atom is 0.0351 e. The normalized spacial score (nSPS) is 9.00. The summed E-state index contributed by atoms with van der Waals surface area (Å²) in [6.07, 6.45) is 0. The Morgan fingerprint density at radius 2 is 1.19 bits per heavy atom. The quantitative estimate of drug-likeness (QED) is 0.695. The molecule has 0 aromatic carbocycles. The molecule has 0 spiro atoms. The summed E-state index contributed by atoms with van der Waals surface area (Å²) in [4.78, 5) is 4.35. The lowest BCUT2D eigenvalue weighted by Crippen LogP contribution is -2.24. The molecule has 0 N–H and O–H groups in total. The second-order valence-corrected chi connectivity index (χ2v) is 3.96. The van der Waals surface area contributed by atoms with E-state index in [0.717, 1.165) is 37.9 Å². The second kappa shape index (κ2) is 21.4. The molecule has 6 heteroatoms. The van der Waals surface area contributed by atoms with Gasteiger partial charge in [0.25, 0.3) is 0 Å². The zero-order valence-corrected chi connectivity index (χ0v) is 13.9. The molecule has 0 heterocycles. The molecule has 0 aliphatic heterocycles. The summed E-state index contributed by atoms with van der Waals surface area (Å²) < 4.78 is 0. The smallest absolute Gasteiger partial charge is 0.0351 e. The van der Waals surface area contributed by atoms with Crippen molar-refractivity contribution in [3.8, 4) is 0 Å². The van der Waals surface area contributed by atoms with Gasteiger partial charge in [-0.2, -0.15) is 0 Å². The number of rotatable bonds is 6. The van der Waals surface area contributed by atoms with Crippen molar-refractivity contribution in [1.82, 2.24) is 9.80 Å². The van der Waals surface area contributed by atoms with Crippen LogP contribution in [0.5, 0.6) is 0 Å². The van der Waals surface area contributed by atoms with Gasteiger partial charge in [-0.1, -0.05) is 13.8 Å². The van der Waals surface area contributed by atoms with E-state index in [1.165, 1.54) is 0 Å². The summed E-state index contributed by atoms with van der Waals surface area (Å²) in [7, 11) is 4.00. The predicted molar refractivity (Wildman–Crippen MR) is 82.3 cm³/mol. The summed E-state index contributed by atoms with van der Waals surface area (Å²) in [5.41, 5.74) is 0.